The number of rotatable bonds is 5. The first-order chi connectivity index (χ1) is 9.70. The van der Waals surface area contributed by atoms with Crippen LogP contribution in [0.4, 0.5) is 0 Å². The number of nitrogens with one attached hydrogen (secondary N) is 1. The second-order valence-electron chi connectivity index (χ2n) is 4.22. The van der Waals surface area contributed by atoms with Gasteiger partial charge in [0.05, 0.1) is 7.11 Å². The van der Waals surface area contributed by atoms with Crippen molar-refractivity contribution in [1.29, 1.82) is 0 Å². The van der Waals surface area contributed by atoms with Gasteiger partial charge in [-0.05, 0) is 16.8 Å². The van der Waals surface area contributed by atoms with Gasteiger partial charge in [-0.15, -0.1) is 0 Å². The Bertz CT molecular complexity index is 662. The highest BCUT2D eigenvalue weighted by Gasteiger charge is 2.03. The number of benzene rings is 2. The summed E-state index contributed by atoms with van der Waals surface area (Å²) in [4.78, 5) is 22.8. The average Bonchev–Trinajstić information content (AvgIpc) is 2.50. The Balaban J connectivity index is 2.04. The van der Waals surface area contributed by atoms with Crippen molar-refractivity contribution in [1.82, 2.24) is 5.32 Å². The lowest BCUT2D eigenvalue weighted by atomic mass is 10.0. The number of carbonyl (C=O) groups excluding carboxylic acids is 2. The molecule has 4 nitrogen and oxygen atoms in total. The maximum absolute atomic E-state index is 12.0. The number of carbonyl (C=O) groups is 2. The van der Waals surface area contributed by atoms with Gasteiger partial charge < -0.3 is 10.1 Å². The molecule has 0 saturated heterocycles. The van der Waals surface area contributed by atoms with Gasteiger partial charge >= 0.3 is 5.97 Å². The first kappa shape index (κ1) is 13.8. The smallest absolute Gasteiger partial charge is 0.325 e. The molecule has 2 aromatic carbocycles. The largest absolute Gasteiger partial charge is 0.468 e. The van der Waals surface area contributed by atoms with E-state index in [0.29, 0.717) is 5.56 Å². The number of allylic oxidation sites excluding steroid dienone is 1. The summed E-state index contributed by atoms with van der Waals surface area (Å²) in [7, 11) is 1.31. The Labute approximate surface area is 117 Å². The number of hydrogen-bond acceptors (Lipinski definition) is 4. The lowest BCUT2D eigenvalue weighted by Crippen LogP contribution is -2.19. The van der Waals surface area contributed by atoms with E-state index < -0.39 is 0 Å². The minimum Gasteiger partial charge on any atom is -0.468 e. The van der Waals surface area contributed by atoms with Crippen LogP contribution < -0.4 is 5.32 Å². The maximum Gasteiger partial charge on any atom is 0.325 e. The highest BCUT2D eigenvalue weighted by molar-refractivity contribution is 6.06. The summed E-state index contributed by atoms with van der Waals surface area (Å²) in [6.07, 6.45) is 2.85. The van der Waals surface area contributed by atoms with Crippen LogP contribution >= 0.6 is 0 Å². The zero-order valence-electron chi connectivity index (χ0n) is 11.1. The van der Waals surface area contributed by atoms with Crippen LogP contribution in [0.15, 0.2) is 54.7 Å². The van der Waals surface area contributed by atoms with Gasteiger partial charge in [-0.3, -0.25) is 9.59 Å². The van der Waals surface area contributed by atoms with Gasteiger partial charge in [0.25, 0.3) is 0 Å². The number of ketones is 1. The summed E-state index contributed by atoms with van der Waals surface area (Å²) >= 11 is 0. The zero-order valence-corrected chi connectivity index (χ0v) is 11.1. The van der Waals surface area contributed by atoms with Crippen LogP contribution in [0, 0.1) is 0 Å². The topological polar surface area (TPSA) is 55.4 Å². The van der Waals surface area contributed by atoms with E-state index >= 15 is 0 Å². The molecule has 0 aliphatic rings. The summed E-state index contributed by atoms with van der Waals surface area (Å²) in [5.41, 5.74) is 0.611. The van der Waals surface area contributed by atoms with Crippen molar-refractivity contribution in [2.24, 2.45) is 0 Å². The molecule has 0 amide bonds. The number of methoxy groups -OCH3 is 1. The molecule has 0 fully saturated rings. The summed E-state index contributed by atoms with van der Waals surface area (Å²) < 4.78 is 4.47. The molecule has 20 heavy (non-hydrogen) atoms. The third-order valence-corrected chi connectivity index (χ3v) is 2.86. The van der Waals surface area contributed by atoms with Crippen molar-refractivity contribution in [2.45, 2.75) is 0 Å². The van der Waals surface area contributed by atoms with Gasteiger partial charge in [0.2, 0.25) is 0 Å². The normalized spacial score (nSPS) is 10.7. The first-order valence-corrected chi connectivity index (χ1v) is 6.20. The van der Waals surface area contributed by atoms with Crippen LogP contribution in [0.25, 0.3) is 10.8 Å². The lowest BCUT2D eigenvalue weighted by molar-refractivity contribution is -0.139. The van der Waals surface area contributed by atoms with E-state index in [1.165, 1.54) is 19.4 Å². The number of fused-ring (bicyclic) bond motifs is 1. The molecule has 0 radical (unpaired) electrons. The predicted molar refractivity (Wildman–Crippen MR) is 77.4 cm³/mol. The lowest BCUT2D eigenvalue weighted by Gasteiger charge is -2.01. The van der Waals surface area contributed by atoms with Crippen LogP contribution in [-0.2, 0) is 9.53 Å². The number of ether oxygens (including phenoxy) is 1. The molecule has 2 aromatic rings. The Hall–Kier alpha value is -2.62. The minimum atomic E-state index is -0.382. The highest BCUT2D eigenvalue weighted by atomic mass is 16.5. The molecule has 0 saturated carbocycles. The van der Waals surface area contributed by atoms with E-state index in [4.69, 9.17) is 0 Å². The van der Waals surface area contributed by atoms with E-state index in [1.54, 1.807) is 6.07 Å². The van der Waals surface area contributed by atoms with Crippen molar-refractivity contribution < 1.29 is 14.3 Å². The fourth-order valence-corrected chi connectivity index (χ4v) is 1.79. The molecule has 0 aliphatic carbocycles. The van der Waals surface area contributed by atoms with Crippen molar-refractivity contribution in [2.75, 3.05) is 13.7 Å². The predicted octanol–water partition coefficient (Wildman–Crippen LogP) is 2.30. The zero-order chi connectivity index (χ0) is 14.4. The van der Waals surface area contributed by atoms with Crippen LogP contribution in [0.5, 0.6) is 0 Å². The SMILES string of the molecule is COC(=O)CN/C=C/C(=O)c1ccc2ccccc2c1. The molecule has 0 aliphatic heterocycles. The molecule has 0 atom stereocenters. The average molecular weight is 269 g/mol. The van der Waals surface area contributed by atoms with Gasteiger partial charge in [0.1, 0.15) is 6.54 Å². The first-order valence-electron chi connectivity index (χ1n) is 6.20. The molecular formula is C16H15NO3. The molecule has 1 N–H and O–H groups in total. The van der Waals surface area contributed by atoms with Crippen LogP contribution in [-0.4, -0.2) is 25.4 Å². The highest BCUT2D eigenvalue weighted by Crippen LogP contribution is 2.16. The third-order valence-electron chi connectivity index (χ3n) is 2.86. The summed E-state index contributed by atoms with van der Waals surface area (Å²) in [6, 6.07) is 13.4. The fraction of sp³-hybridized carbons (Fsp3) is 0.125. The van der Waals surface area contributed by atoms with Crippen LogP contribution in [0.1, 0.15) is 10.4 Å². The summed E-state index contributed by atoms with van der Waals surface area (Å²) in [5.74, 6) is -0.499. The molecule has 0 spiro atoms. The van der Waals surface area contributed by atoms with E-state index in [1.807, 2.05) is 36.4 Å². The molecule has 0 aromatic heterocycles. The van der Waals surface area contributed by atoms with Crippen LogP contribution in [0.3, 0.4) is 0 Å². The Morgan fingerprint density at radius 2 is 1.90 bits per heavy atom. The molecular weight excluding hydrogens is 254 g/mol. The van der Waals surface area contributed by atoms with Gasteiger partial charge in [0.15, 0.2) is 5.78 Å². The monoisotopic (exact) mass is 269 g/mol. The van der Waals surface area contributed by atoms with Crippen molar-refractivity contribution in [3.63, 3.8) is 0 Å². The Kier molecular flexibility index (Phi) is 4.50. The minimum absolute atomic E-state index is 0.0397. The molecule has 0 unspecified atom stereocenters. The molecule has 0 heterocycles. The molecule has 2 rings (SSSR count). The Morgan fingerprint density at radius 1 is 1.15 bits per heavy atom. The number of esters is 1. The van der Waals surface area contributed by atoms with Gasteiger partial charge in [-0.1, -0.05) is 36.4 Å². The van der Waals surface area contributed by atoms with E-state index in [2.05, 4.69) is 10.1 Å². The van der Waals surface area contributed by atoms with E-state index in [9.17, 15) is 9.59 Å². The van der Waals surface area contributed by atoms with E-state index in [0.717, 1.165) is 10.8 Å². The van der Waals surface area contributed by atoms with E-state index in [-0.39, 0.29) is 18.3 Å². The molecule has 4 heteroatoms. The van der Waals surface area contributed by atoms with Crippen molar-refractivity contribution >= 4 is 22.5 Å². The van der Waals surface area contributed by atoms with Gasteiger partial charge in [0, 0.05) is 17.8 Å². The summed E-state index contributed by atoms with van der Waals surface area (Å²) in [6.45, 7) is 0.0397. The maximum atomic E-state index is 12.0. The third kappa shape index (κ3) is 3.45. The Morgan fingerprint density at radius 3 is 2.65 bits per heavy atom. The second kappa shape index (κ2) is 6.52. The van der Waals surface area contributed by atoms with Crippen LogP contribution in [0.2, 0.25) is 0 Å². The molecule has 0 bridgehead atoms. The van der Waals surface area contributed by atoms with Gasteiger partial charge in [-0.25, -0.2) is 0 Å². The van der Waals surface area contributed by atoms with Gasteiger partial charge in [-0.2, -0.15) is 0 Å². The quantitative estimate of drug-likeness (QED) is 0.514. The fourth-order valence-electron chi connectivity index (χ4n) is 1.79. The summed E-state index contributed by atoms with van der Waals surface area (Å²) in [5, 5.41) is 4.81. The van der Waals surface area contributed by atoms with Crippen molar-refractivity contribution in [3.05, 3.63) is 60.3 Å². The standard InChI is InChI=1S/C16H15NO3/c1-20-16(19)11-17-9-8-15(18)14-7-6-12-4-2-3-5-13(12)10-14/h2-10,17H,11H2,1H3/b9-8+. The van der Waals surface area contributed by atoms with Crippen molar-refractivity contribution in [3.8, 4) is 0 Å². The second-order valence-corrected chi connectivity index (χ2v) is 4.22. The number of hydrogen-bond donors (Lipinski definition) is 1. The molecule has 102 valence electrons.